The normalized spacial score (nSPS) is 19.3. The summed E-state index contributed by atoms with van der Waals surface area (Å²) in [6.07, 6.45) is 44.5. The van der Waals surface area contributed by atoms with E-state index in [4.69, 9.17) is 23.7 Å². The highest BCUT2D eigenvalue weighted by Gasteiger charge is 2.50. The van der Waals surface area contributed by atoms with Gasteiger partial charge in [0.25, 0.3) is 0 Å². The zero-order valence-corrected chi connectivity index (χ0v) is 42.8. The number of carboxylic acids is 1. The predicted molar refractivity (Wildman–Crippen MR) is 275 cm³/mol. The highest BCUT2D eigenvalue weighted by Crippen LogP contribution is 2.26. The predicted octanol–water partition coefficient (Wildman–Crippen LogP) is 12.8. The summed E-state index contributed by atoms with van der Waals surface area (Å²) in [5.74, 6) is -3.25. The molecule has 1 rings (SSSR count). The Labute approximate surface area is 416 Å². The standard InChI is InChI=1S/C57H92O12/c1-4-7-10-13-16-19-21-22-23-24-25-26-27-28-30-33-36-39-42-45-51(60)68-55-53(62)52(61)54(56(63)64)69-57(55)66-47-48(67-50(59)44-41-38-35-31-18-15-12-9-6-3)46-65-49(58)43-40-37-34-32-29-20-17-14-11-8-5-2/h7,10,14,16-17,19,22-23,25-26,28,30,36,39,48,52-55,57,61-62H,4-6,8-9,11-13,15,18,20-21,24,27,29,31-35,37-38,40-47H2,1-3H3,(H,63,64)/b10-7-,17-14-,19-16-,23-22-,26-25-,30-28-,39-36-. The fourth-order valence-electron chi connectivity index (χ4n) is 7.37. The maximum atomic E-state index is 13.0. The molecule has 0 amide bonds. The maximum Gasteiger partial charge on any atom is 0.335 e. The number of esters is 3. The van der Waals surface area contributed by atoms with E-state index in [0.29, 0.717) is 25.7 Å². The monoisotopic (exact) mass is 969 g/mol. The van der Waals surface area contributed by atoms with Crippen LogP contribution < -0.4 is 0 Å². The van der Waals surface area contributed by atoms with E-state index in [1.165, 1.54) is 44.9 Å². The van der Waals surface area contributed by atoms with E-state index in [2.05, 4.69) is 87.6 Å². The van der Waals surface area contributed by atoms with Crippen LogP contribution >= 0.6 is 0 Å². The molecule has 3 N–H and O–H groups in total. The molecule has 1 saturated heterocycles. The lowest BCUT2D eigenvalue weighted by molar-refractivity contribution is -0.301. The van der Waals surface area contributed by atoms with E-state index < -0.39 is 67.3 Å². The van der Waals surface area contributed by atoms with Crippen LogP contribution in [0.25, 0.3) is 0 Å². The first kappa shape index (κ1) is 62.9. The lowest BCUT2D eigenvalue weighted by atomic mass is 9.98. The number of aliphatic carboxylic acids is 1. The maximum absolute atomic E-state index is 13.0. The van der Waals surface area contributed by atoms with Gasteiger partial charge in [-0.05, 0) is 77.0 Å². The molecule has 0 saturated carbocycles. The average molecular weight is 969 g/mol. The molecule has 1 aliphatic heterocycles. The molecule has 6 unspecified atom stereocenters. The van der Waals surface area contributed by atoms with Crippen molar-refractivity contribution >= 4 is 23.9 Å². The van der Waals surface area contributed by atoms with Crippen LogP contribution in [-0.4, -0.2) is 89.2 Å². The Kier molecular flexibility index (Phi) is 41.1. The smallest absolute Gasteiger partial charge is 0.335 e. The molecular weight excluding hydrogens is 877 g/mol. The van der Waals surface area contributed by atoms with Gasteiger partial charge in [-0.2, -0.15) is 0 Å². The Bertz CT molecular complexity index is 1530. The van der Waals surface area contributed by atoms with Crippen LogP contribution in [-0.2, 0) is 42.9 Å². The summed E-state index contributed by atoms with van der Waals surface area (Å²) in [6.45, 7) is 5.74. The van der Waals surface area contributed by atoms with Crippen molar-refractivity contribution in [1.29, 1.82) is 0 Å². The van der Waals surface area contributed by atoms with Gasteiger partial charge >= 0.3 is 23.9 Å². The molecule has 12 nitrogen and oxygen atoms in total. The number of rotatable bonds is 43. The van der Waals surface area contributed by atoms with Crippen molar-refractivity contribution in [2.45, 2.75) is 237 Å². The van der Waals surface area contributed by atoms with Crippen LogP contribution in [0.2, 0.25) is 0 Å². The van der Waals surface area contributed by atoms with Crippen LogP contribution in [0.4, 0.5) is 0 Å². The summed E-state index contributed by atoms with van der Waals surface area (Å²) < 4.78 is 28.1. The largest absolute Gasteiger partial charge is 0.479 e. The van der Waals surface area contributed by atoms with Crippen molar-refractivity contribution in [3.05, 3.63) is 85.1 Å². The number of unbranched alkanes of at least 4 members (excludes halogenated alkanes) is 15. The third kappa shape index (κ3) is 35.6. The summed E-state index contributed by atoms with van der Waals surface area (Å²) in [5, 5.41) is 31.3. The lowest BCUT2D eigenvalue weighted by Gasteiger charge is -2.40. The molecule has 1 heterocycles. The van der Waals surface area contributed by atoms with E-state index in [1.807, 2.05) is 18.2 Å². The van der Waals surface area contributed by atoms with Gasteiger partial charge in [-0.3, -0.25) is 14.4 Å². The lowest BCUT2D eigenvalue weighted by Crippen LogP contribution is -2.61. The summed E-state index contributed by atoms with van der Waals surface area (Å²) >= 11 is 0. The molecule has 12 heteroatoms. The third-order valence-electron chi connectivity index (χ3n) is 11.5. The minimum absolute atomic E-state index is 0.0674. The second-order valence-electron chi connectivity index (χ2n) is 17.8. The SMILES string of the molecule is CC/C=C\C/C=C\C/C=C\C/C=C\C/C=C\C/C=C\CCC(=O)OC1C(OCC(COC(=O)CCCCCCC/C=C\CCCC)OC(=O)CCCCCCCCCCC)OC(C(=O)O)C(O)C1O. The Morgan fingerprint density at radius 1 is 0.493 bits per heavy atom. The molecule has 0 bridgehead atoms. The Morgan fingerprint density at radius 2 is 0.957 bits per heavy atom. The topological polar surface area (TPSA) is 175 Å². The van der Waals surface area contributed by atoms with Crippen LogP contribution in [0.1, 0.15) is 201 Å². The van der Waals surface area contributed by atoms with Gasteiger partial charge in [-0.1, -0.05) is 189 Å². The van der Waals surface area contributed by atoms with Crippen molar-refractivity contribution in [1.82, 2.24) is 0 Å². The van der Waals surface area contributed by atoms with Crippen LogP contribution in [0.15, 0.2) is 85.1 Å². The number of aliphatic hydroxyl groups is 2. The number of carbonyl (C=O) groups excluding carboxylic acids is 3. The molecule has 0 aromatic carbocycles. The van der Waals surface area contributed by atoms with Crippen molar-refractivity contribution in [2.24, 2.45) is 0 Å². The summed E-state index contributed by atoms with van der Waals surface area (Å²) in [4.78, 5) is 50.7. The zero-order valence-electron chi connectivity index (χ0n) is 42.8. The highest BCUT2D eigenvalue weighted by molar-refractivity contribution is 5.74. The van der Waals surface area contributed by atoms with Crippen LogP contribution in [0.5, 0.6) is 0 Å². The molecular formula is C57H92O12. The minimum Gasteiger partial charge on any atom is -0.479 e. The molecule has 1 fully saturated rings. The molecule has 0 aliphatic carbocycles. The van der Waals surface area contributed by atoms with Gasteiger partial charge in [0, 0.05) is 19.3 Å². The third-order valence-corrected chi connectivity index (χ3v) is 11.5. The van der Waals surface area contributed by atoms with Crippen molar-refractivity contribution in [3.63, 3.8) is 0 Å². The zero-order chi connectivity index (χ0) is 50.4. The van der Waals surface area contributed by atoms with E-state index in [0.717, 1.165) is 89.9 Å². The van der Waals surface area contributed by atoms with Gasteiger partial charge < -0.3 is 39.0 Å². The summed E-state index contributed by atoms with van der Waals surface area (Å²) in [5.41, 5.74) is 0. The number of aliphatic hydroxyl groups excluding tert-OH is 2. The van der Waals surface area contributed by atoms with E-state index in [-0.39, 0.29) is 25.9 Å². The van der Waals surface area contributed by atoms with Crippen LogP contribution in [0.3, 0.4) is 0 Å². The first-order valence-corrected chi connectivity index (χ1v) is 26.6. The van der Waals surface area contributed by atoms with E-state index in [1.54, 1.807) is 0 Å². The Morgan fingerprint density at radius 3 is 1.49 bits per heavy atom. The fraction of sp³-hybridized carbons (Fsp3) is 0.684. The molecule has 0 radical (unpaired) electrons. The number of hydrogen-bond acceptors (Lipinski definition) is 11. The van der Waals surface area contributed by atoms with Gasteiger partial charge in [-0.15, -0.1) is 0 Å². The Hall–Kier alpha value is -4.10. The average Bonchev–Trinajstić information content (AvgIpc) is 3.33. The van der Waals surface area contributed by atoms with Gasteiger partial charge in [0.1, 0.15) is 18.8 Å². The first-order valence-electron chi connectivity index (χ1n) is 26.6. The number of carboxylic acid groups (broad SMARTS) is 1. The summed E-state index contributed by atoms with van der Waals surface area (Å²) in [6, 6.07) is 0. The molecule has 0 aromatic heterocycles. The summed E-state index contributed by atoms with van der Waals surface area (Å²) in [7, 11) is 0. The molecule has 0 aromatic rings. The first-order chi connectivity index (χ1) is 33.6. The number of ether oxygens (including phenoxy) is 5. The van der Waals surface area contributed by atoms with Crippen molar-refractivity contribution < 1.29 is 58.2 Å². The van der Waals surface area contributed by atoms with E-state index >= 15 is 0 Å². The molecule has 0 spiro atoms. The van der Waals surface area contributed by atoms with Crippen molar-refractivity contribution in [3.8, 4) is 0 Å². The number of allylic oxidation sites excluding steroid dienone is 14. The highest BCUT2D eigenvalue weighted by atomic mass is 16.7. The van der Waals surface area contributed by atoms with Gasteiger partial charge in [0.2, 0.25) is 0 Å². The van der Waals surface area contributed by atoms with Gasteiger partial charge in [0.05, 0.1) is 6.61 Å². The number of carbonyl (C=O) groups is 4. The van der Waals surface area contributed by atoms with Gasteiger partial charge in [0.15, 0.2) is 24.6 Å². The van der Waals surface area contributed by atoms with Crippen molar-refractivity contribution in [2.75, 3.05) is 13.2 Å². The molecule has 1 aliphatic rings. The van der Waals surface area contributed by atoms with Gasteiger partial charge in [-0.25, -0.2) is 4.79 Å². The molecule has 69 heavy (non-hydrogen) atoms. The quantitative estimate of drug-likeness (QED) is 0.0229. The number of hydrogen-bond donors (Lipinski definition) is 3. The Balaban J connectivity index is 2.74. The van der Waals surface area contributed by atoms with E-state index in [9.17, 15) is 34.5 Å². The fourth-order valence-corrected chi connectivity index (χ4v) is 7.37. The molecule has 6 atom stereocenters. The molecule has 392 valence electrons. The second kappa shape index (κ2) is 45.1. The second-order valence-corrected chi connectivity index (χ2v) is 17.8. The van der Waals surface area contributed by atoms with Crippen LogP contribution in [0, 0.1) is 0 Å². The minimum atomic E-state index is -1.93.